The molecule has 0 fully saturated rings. The smallest absolute Gasteiger partial charge is 0.444 e. The van der Waals surface area contributed by atoms with Crippen LogP contribution in [0.4, 0.5) is 20.1 Å². The van der Waals surface area contributed by atoms with Gasteiger partial charge in [-0.15, -0.1) is 4.99 Å². The molecule has 1 aromatic carbocycles. The van der Waals surface area contributed by atoms with Crippen molar-refractivity contribution in [3.63, 3.8) is 0 Å². The molecular weight excluding hydrogens is 765 g/mol. The molecule has 0 unspecified atom stereocenters. The van der Waals surface area contributed by atoms with Crippen molar-refractivity contribution in [3.05, 3.63) is 57.8 Å². The van der Waals surface area contributed by atoms with Crippen LogP contribution in [0.5, 0.6) is 5.75 Å². The van der Waals surface area contributed by atoms with Crippen molar-refractivity contribution in [2.45, 2.75) is 92.0 Å². The molecule has 0 aliphatic carbocycles. The summed E-state index contributed by atoms with van der Waals surface area (Å²) in [5, 5.41) is 17.1. The van der Waals surface area contributed by atoms with E-state index in [0.29, 0.717) is 61.0 Å². The predicted octanol–water partition coefficient (Wildman–Crippen LogP) is 6.73. The third-order valence-corrected chi connectivity index (χ3v) is 9.23. The van der Waals surface area contributed by atoms with E-state index in [-0.39, 0.29) is 11.9 Å². The summed E-state index contributed by atoms with van der Waals surface area (Å²) in [6, 6.07) is 9.14. The van der Waals surface area contributed by atoms with Gasteiger partial charge in [-0.2, -0.15) is 0 Å². The van der Waals surface area contributed by atoms with Gasteiger partial charge < -0.3 is 19.1 Å². The number of carbonyl (C=O) groups excluding carboxylic acids is 4. The molecule has 58 heavy (non-hydrogen) atoms. The fraction of sp³-hybridized carbons (Fsp3) is 0.475. The fourth-order valence-electron chi connectivity index (χ4n) is 5.69. The first kappa shape index (κ1) is 44.9. The van der Waals surface area contributed by atoms with Gasteiger partial charge in [0.25, 0.3) is 0 Å². The Balaban J connectivity index is 1.42. The van der Waals surface area contributed by atoms with Crippen LogP contribution >= 0.6 is 11.3 Å². The van der Waals surface area contributed by atoms with Crippen LogP contribution < -0.4 is 20.7 Å². The van der Waals surface area contributed by atoms with E-state index in [0.717, 1.165) is 21.6 Å². The number of thiophene rings is 1. The van der Waals surface area contributed by atoms with E-state index < -0.39 is 35.1 Å². The molecule has 0 atom stereocenters. The number of carbonyl (C=O) groups is 4. The Morgan fingerprint density at radius 3 is 1.98 bits per heavy atom. The van der Waals surface area contributed by atoms with Crippen LogP contribution in [0.3, 0.4) is 0 Å². The van der Waals surface area contributed by atoms with Gasteiger partial charge in [-0.25, -0.2) is 9.59 Å². The molecule has 4 amide bonds. The standard InChI is InChI=1S/C40H52BN7O9S/c1-38(2,3)55-35(50)44-33(41-54-24-42)47-19-17-26(18-20-47)30-13-14-31(58-30)32(49)43-27-11-12-28(29(23-27)53-10)25-15-21-48(22-16-25)34(45-36(51)56-39(4,5)6)46-37(52)57-40(7,8)9/h11-15,17,23H,16,18-22H2,1-10H3,(H,43,49)(H,44,50)(H,45,46,51,52). The second-order valence-corrected chi connectivity index (χ2v) is 17.3. The van der Waals surface area contributed by atoms with Crippen molar-refractivity contribution in [1.82, 2.24) is 20.4 Å². The number of hydrogen-bond donors (Lipinski definition) is 3. The van der Waals surface area contributed by atoms with Gasteiger partial charge in [0.05, 0.1) is 7.11 Å². The second-order valence-electron chi connectivity index (χ2n) is 16.3. The summed E-state index contributed by atoms with van der Waals surface area (Å²) in [6.45, 7) is 17.3. The molecule has 3 N–H and O–H groups in total. The Morgan fingerprint density at radius 2 is 1.41 bits per heavy atom. The van der Waals surface area contributed by atoms with Crippen LogP contribution in [0.2, 0.25) is 0 Å². The third kappa shape index (κ3) is 14.0. The SMILES string of the molecule is COc1cc(NC(=O)c2ccc(C3=CCN(C(=BOC#N)NC(=O)OC(C)(C)C)CC3)s2)ccc1C1=CCN(C(=NC(=O)OC(C)(C)C)NC(=O)OC(C)(C)C)CC1. The van der Waals surface area contributed by atoms with Crippen LogP contribution in [0.25, 0.3) is 11.1 Å². The number of nitriles is 1. The summed E-state index contributed by atoms with van der Waals surface area (Å²) in [6.07, 6.45) is 4.44. The number of methoxy groups -OCH3 is 1. The van der Waals surface area contributed by atoms with E-state index in [9.17, 15) is 19.2 Å². The summed E-state index contributed by atoms with van der Waals surface area (Å²) >= 11 is 1.37. The Hall–Kier alpha value is -5.83. The van der Waals surface area contributed by atoms with Gasteiger partial charge in [0.1, 0.15) is 17.0 Å². The topological polar surface area (TPSA) is 193 Å². The summed E-state index contributed by atoms with van der Waals surface area (Å²) in [7, 11) is 2.73. The fourth-order valence-corrected chi connectivity index (χ4v) is 6.66. The maximum absolute atomic E-state index is 13.4. The van der Waals surface area contributed by atoms with Gasteiger partial charge in [-0.05, 0) is 59.6 Å². The summed E-state index contributed by atoms with van der Waals surface area (Å²) in [4.78, 5) is 60.2. The molecule has 4 rings (SSSR count). The van der Waals surface area contributed by atoms with Crippen LogP contribution in [0, 0.1) is 11.5 Å². The Morgan fingerprint density at radius 1 is 0.810 bits per heavy atom. The van der Waals surface area contributed by atoms with Crippen molar-refractivity contribution in [2.75, 3.05) is 38.6 Å². The Labute approximate surface area is 344 Å². The maximum atomic E-state index is 13.4. The van der Waals surface area contributed by atoms with Crippen LogP contribution in [0.1, 0.15) is 95.3 Å². The van der Waals surface area contributed by atoms with Gasteiger partial charge in [0, 0.05) is 18.7 Å². The minimum Gasteiger partial charge on any atom is -0.444 e. The monoisotopic (exact) mass is 817 g/mol. The number of nitrogens with zero attached hydrogens (tertiary/aromatic N) is 4. The molecule has 16 nitrogen and oxygen atoms in total. The van der Waals surface area contributed by atoms with Crippen LogP contribution in [0.15, 0.2) is 47.5 Å². The number of alkyl carbamates (subject to hydrolysis) is 2. The van der Waals surface area contributed by atoms with Gasteiger partial charge in [-0.1, -0.05) is 6.08 Å². The number of guanidine groups is 1. The second kappa shape index (κ2) is 19.1. The summed E-state index contributed by atoms with van der Waals surface area (Å²) in [5.74, 6) is 0.306. The molecule has 18 heteroatoms. The first-order valence-corrected chi connectivity index (χ1v) is 19.5. The Kier molecular flexibility index (Phi) is 14.8. The molecule has 310 valence electrons. The summed E-state index contributed by atoms with van der Waals surface area (Å²) in [5.41, 5.74) is 1.48. The van der Waals surface area contributed by atoms with Crippen molar-refractivity contribution in [3.8, 4) is 12.0 Å². The molecule has 0 saturated carbocycles. The molecule has 1 aromatic heterocycles. The van der Waals surface area contributed by atoms with E-state index in [4.69, 9.17) is 28.9 Å². The van der Waals surface area contributed by atoms with E-state index in [2.05, 4.69) is 20.9 Å². The number of nitrogens with one attached hydrogen (secondary N) is 3. The molecule has 2 aromatic rings. The normalized spacial score (nSPS) is 15.1. The first-order valence-electron chi connectivity index (χ1n) is 18.7. The Bertz CT molecular complexity index is 2030. The quantitative estimate of drug-likeness (QED) is 0.0838. The minimum absolute atomic E-state index is 0.0170. The molecule has 3 heterocycles. The molecule has 2 aliphatic heterocycles. The van der Waals surface area contributed by atoms with Crippen molar-refractivity contribution < 1.29 is 42.8 Å². The van der Waals surface area contributed by atoms with Crippen molar-refractivity contribution in [2.24, 2.45) is 4.99 Å². The number of rotatable bonds is 8. The van der Waals surface area contributed by atoms with Crippen molar-refractivity contribution >= 4 is 71.2 Å². The molecular formula is C40H52BN7O9S. The van der Waals surface area contributed by atoms with Crippen LogP contribution in [-0.2, 0) is 18.9 Å². The zero-order chi connectivity index (χ0) is 42.8. The van der Waals surface area contributed by atoms with Gasteiger partial charge in [-0.3, -0.25) is 5.32 Å². The van der Waals surface area contributed by atoms with Gasteiger partial charge in [0.2, 0.25) is 5.96 Å². The van der Waals surface area contributed by atoms with Gasteiger partial charge in [0.15, 0.2) is 0 Å². The van der Waals surface area contributed by atoms with Crippen molar-refractivity contribution in [1.29, 1.82) is 5.26 Å². The third-order valence-electron chi connectivity index (χ3n) is 8.07. The van der Waals surface area contributed by atoms with Crippen LogP contribution in [-0.4, -0.2) is 103 Å². The van der Waals surface area contributed by atoms with E-state index >= 15 is 0 Å². The number of ether oxygens (including phenoxy) is 4. The predicted molar refractivity (Wildman–Crippen MR) is 223 cm³/mol. The minimum atomic E-state index is -0.841. The van der Waals surface area contributed by atoms with Gasteiger partial charge >= 0.3 is 192 Å². The number of hydrogen-bond acceptors (Lipinski definition) is 12. The number of amides is 4. The van der Waals surface area contributed by atoms with E-state index in [1.807, 2.05) is 35.3 Å². The molecule has 0 bridgehead atoms. The van der Waals surface area contributed by atoms with E-state index in [1.54, 1.807) is 92.7 Å². The molecule has 0 saturated heterocycles. The zero-order valence-electron chi connectivity index (χ0n) is 34.7. The number of aliphatic imine (C=N–C) groups is 1. The molecule has 0 spiro atoms. The molecule has 0 radical (unpaired) electrons. The zero-order valence-corrected chi connectivity index (χ0v) is 35.5. The van der Waals surface area contributed by atoms with E-state index in [1.165, 1.54) is 18.5 Å². The number of benzene rings is 1. The average molecular weight is 818 g/mol. The summed E-state index contributed by atoms with van der Waals surface area (Å²) < 4.78 is 26.6. The average Bonchev–Trinajstić information content (AvgIpc) is 3.62. The molecule has 2 aliphatic rings. The number of anilines is 1. The first-order chi connectivity index (χ1) is 27.1.